The van der Waals surface area contributed by atoms with E-state index in [2.05, 4.69) is 0 Å². The van der Waals surface area contributed by atoms with E-state index in [1.165, 1.54) is 42.5 Å². The zero-order valence-electron chi connectivity index (χ0n) is 11.3. The van der Waals surface area contributed by atoms with Crippen molar-refractivity contribution in [2.24, 2.45) is 0 Å². The molecule has 0 radical (unpaired) electrons. The first kappa shape index (κ1) is 13.9. The molecule has 0 spiro atoms. The van der Waals surface area contributed by atoms with Crippen molar-refractivity contribution in [2.45, 2.75) is 6.10 Å². The van der Waals surface area contributed by atoms with Crippen LogP contribution in [0.5, 0.6) is 17.2 Å². The summed E-state index contributed by atoms with van der Waals surface area (Å²) in [4.78, 5) is 22.4. The first-order valence-corrected chi connectivity index (χ1v) is 6.46. The van der Waals surface area contributed by atoms with Crippen molar-refractivity contribution in [3.63, 3.8) is 0 Å². The highest BCUT2D eigenvalue weighted by Gasteiger charge is 2.30. The van der Waals surface area contributed by atoms with E-state index in [4.69, 9.17) is 9.47 Å². The summed E-state index contributed by atoms with van der Waals surface area (Å²) in [5, 5.41) is 20.0. The molecule has 1 atom stereocenters. The van der Waals surface area contributed by atoms with Crippen LogP contribution < -0.4 is 9.47 Å². The van der Waals surface area contributed by atoms with Crippen LogP contribution in [-0.4, -0.2) is 28.5 Å². The lowest BCUT2D eigenvalue weighted by Gasteiger charge is -2.24. The fraction of sp³-hybridized carbons (Fsp3) is 0.133. The van der Waals surface area contributed by atoms with Gasteiger partial charge < -0.3 is 14.6 Å². The molecule has 1 unspecified atom stereocenters. The summed E-state index contributed by atoms with van der Waals surface area (Å²) in [6, 6.07) is 9.70. The molecular weight excluding hydrogens is 290 g/mol. The van der Waals surface area contributed by atoms with Gasteiger partial charge in [-0.3, -0.25) is 14.9 Å². The predicted octanol–water partition coefficient (Wildman–Crippen LogP) is 2.32. The van der Waals surface area contributed by atoms with Crippen molar-refractivity contribution in [1.29, 1.82) is 0 Å². The second kappa shape index (κ2) is 5.36. The molecule has 2 aromatic rings. The summed E-state index contributed by atoms with van der Waals surface area (Å²) >= 11 is 0. The number of carbonyl (C=O) groups is 1. The van der Waals surface area contributed by atoms with Crippen LogP contribution in [-0.2, 0) is 0 Å². The standard InChI is InChI=1S/C15H11NO6/c17-10-3-6-12-13(7-10)21-8-14(15(12)18)22-11-4-1-9(2-5-11)16(19)20/h1-7,14,17H,8H2. The fourth-order valence-corrected chi connectivity index (χ4v) is 2.15. The number of ketones is 1. The highest BCUT2D eigenvalue weighted by Crippen LogP contribution is 2.30. The molecule has 1 heterocycles. The van der Waals surface area contributed by atoms with E-state index in [0.29, 0.717) is 17.1 Å². The zero-order valence-corrected chi connectivity index (χ0v) is 11.3. The number of fused-ring (bicyclic) bond motifs is 1. The number of nitro groups is 1. The Morgan fingerprint density at radius 3 is 2.64 bits per heavy atom. The van der Waals surface area contributed by atoms with E-state index < -0.39 is 11.0 Å². The fourth-order valence-electron chi connectivity index (χ4n) is 2.15. The van der Waals surface area contributed by atoms with E-state index in [1.807, 2.05) is 0 Å². The predicted molar refractivity (Wildman–Crippen MR) is 75.4 cm³/mol. The molecular formula is C15H11NO6. The highest BCUT2D eigenvalue weighted by molar-refractivity contribution is 6.03. The molecule has 0 aliphatic carbocycles. The molecule has 7 nitrogen and oxygen atoms in total. The Bertz CT molecular complexity index is 740. The second-order valence-electron chi connectivity index (χ2n) is 4.71. The number of non-ortho nitro benzene ring substituents is 1. The average molecular weight is 301 g/mol. The van der Waals surface area contributed by atoms with Gasteiger partial charge in [0, 0.05) is 18.2 Å². The van der Waals surface area contributed by atoms with E-state index in [0.717, 1.165) is 0 Å². The van der Waals surface area contributed by atoms with Crippen LogP contribution in [0.15, 0.2) is 42.5 Å². The van der Waals surface area contributed by atoms with Crippen LogP contribution in [0.4, 0.5) is 5.69 Å². The average Bonchev–Trinajstić information content (AvgIpc) is 2.50. The number of benzene rings is 2. The number of ether oxygens (including phenoxy) is 2. The maximum atomic E-state index is 12.3. The molecule has 2 aromatic carbocycles. The van der Waals surface area contributed by atoms with Gasteiger partial charge in [0.2, 0.25) is 5.78 Å². The lowest BCUT2D eigenvalue weighted by atomic mass is 10.0. The molecule has 7 heteroatoms. The van der Waals surface area contributed by atoms with Crippen molar-refractivity contribution in [2.75, 3.05) is 6.61 Å². The Balaban J connectivity index is 1.78. The number of carbonyl (C=O) groups excluding carboxylic acids is 1. The largest absolute Gasteiger partial charge is 0.508 e. The molecule has 112 valence electrons. The second-order valence-corrected chi connectivity index (χ2v) is 4.71. The van der Waals surface area contributed by atoms with Crippen molar-refractivity contribution >= 4 is 11.5 Å². The minimum Gasteiger partial charge on any atom is -0.508 e. The normalized spacial score (nSPS) is 16.5. The topological polar surface area (TPSA) is 98.9 Å². The number of aromatic hydroxyl groups is 1. The zero-order chi connectivity index (χ0) is 15.7. The van der Waals surface area contributed by atoms with Gasteiger partial charge >= 0.3 is 0 Å². The van der Waals surface area contributed by atoms with Crippen LogP contribution >= 0.6 is 0 Å². The van der Waals surface area contributed by atoms with Gasteiger partial charge in [0.15, 0.2) is 6.10 Å². The molecule has 1 N–H and O–H groups in total. The number of Topliss-reactive ketones (excluding diaryl/α,β-unsaturated/α-hetero) is 1. The van der Waals surface area contributed by atoms with Gasteiger partial charge in [-0.25, -0.2) is 0 Å². The van der Waals surface area contributed by atoms with E-state index in [-0.39, 0.29) is 23.8 Å². The number of phenolic OH excluding ortho intramolecular Hbond substituents is 1. The lowest BCUT2D eigenvalue weighted by Crippen LogP contribution is -2.37. The van der Waals surface area contributed by atoms with Gasteiger partial charge in [-0.05, 0) is 24.3 Å². The Hall–Kier alpha value is -3.09. The first-order chi connectivity index (χ1) is 10.5. The molecule has 1 aliphatic rings. The molecule has 22 heavy (non-hydrogen) atoms. The third-order valence-corrected chi connectivity index (χ3v) is 3.24. The minimum atomic E-state index is -0.835. The molecule has 0 fully saturated rings. The Morgan fingerprint density at radius 1 is 1.23 bits per heavy atom. The van der Waals surface area contributed by atoms with Crippen molar-refractivity contribution < 1.29 is 24.3 Å². The first-order valence-electron chi connectivity index (χ1n) is 6.46. The molecule has 0 saturated carbocycles. The van der Waals surface area contributed by atoms with Crippen molar-refractivity contribution in [3.8, 4) is 17.2 Å². The monoisotopic (exact) mass is 301 g/mol. The summed E-state index contributed by atoms with van der Waals surface area (Å²) in [6.07, 6.45) is -0.835. The van der Waals surface area contributed by atoms with Gasteiger partial charge in [-0.2, -0.15) is 0 Å². The minimum absolute atomic E-state index is 0.00622. The Kier molecular flexibility index (Phi) is 3.38. The van der Waals surface area contributed by atoms with E-state index in [9.17, 15) is 20.0 Å². The SMILES string of the molecule is O=C1c2ccc(O)cc2OCC1Oc1ccc([N+](=O)[O-])cc1. The summed E-state index contributed by atoms with van der Waals surface area (Å²) in [6.45, 7) is 0.00622. The van der Waals surface area contributed by atoms with E-state index >= 15 is 0 Å². The number of nitro benzene ring substituents is 1. The third-order valence-electron chi connectivity index (χ3n) is 3.24. The van der Waals surface area contributed by atoms with Gasteiger partial charge in [-0.15, -0.1) is 0 Å². The number of rotatable bonds is 3. The summed E-state index contributed by atoms with van der Waals surface area (Å²) in [7, 11) is 0. The van der Waals surface area contributed by atoms with Crippen LogP contribution in [0.1, 0.15) is 10.4 Å². The van der Waals surface area contributed by atoms with Crippen LogP contribution in [0.25, 0.3) is 0 Å². The summed E-state index contributed by atoms with van der Waals surface area (Å²) in [5.41, 5.74) is 0.273. The van der Waals surface area contributed by atoms with Gasteiger partial charge in [0.25, 0.3) is 5.69 Å². The van der Waals surface area contributed by atoms with Gasteiger partial charge in [-0.1, -0.05) is 0 Å². The summed E-state index contributed by atoms with van der Waals surface area (Å²) in [5.74, 6) is 0.407. The molecule has 0 saturated heterocycles. The summed E-state index contributed by atoms with van der Waals surface area (Å²) < 4.78 is 10.9. The highest BCUT2D eigenvalue weighted by atomic mass is 16.6. The molecule has 3 rings (SSSR count). The quantitative estimate of drug-likeness (QED) is 0.690. The molecule has 0 bridgehead atoms. The Morgan fingerprint density at radius 2 is 1.95 bits per heavy atom. The van der Waals surface area contributed by atoms with Crippen molar-refractivity contribution in [3.05, 3.63) is 58.1 Å². The number of nitrogens with zero attached hydrogens (tertiary/aromatic N) is 1. The van der Waals surface area contributed by atoms with Crippen LogP contribution in [0.2, 0.25) is 0 Å². The number of phenols is 1. The number of hydrogen-bond acceptors (Lipinski definition) is 6. The van der Waals surface area contributed by atoms with Crippen LogP contribution in [0.3, 0.4) is 0 Å². The van der Waals surface area contributed by atoms with Crippen LogP contribution in [0, 0.1) is 10.1 Å². The molecule has 0 amide bonds. The smallest absolute Gasteiger partial charge is 0.269 e. The lowest BCUT2D eigenvalue weighted by molar-refractivity contribution is -0.384. The third kappa shape index (κ3) is 2.56. The molecule has 0 aromatic heterocycles. The van der Waals surface area contributed by atoms with Crippen molar-refractivity contribution in [1.82, 2.24) is 0 Å². The van der Waals surface area contributed by atoms with E-state index in [1.54, 1.807) is 0 Å². The Labute approximate surface area is 124 Å². The molecule has 1 aliphatic heterocycles. The maximum Gasteiger partial charge on any atom is 0.269 e. The number of hydrogen-bond donors (Lipinski definition) is 1. The van der Waals surface area contributed by atoms with Gasteiger partial charge in [0.1, 0.15) is 23.9 Å². The maximum absolute atomic E-state index is 12.3. The van der Waals surface area contributed by atoms with Gasteiger partial charge in [0.05, 0.1) is 10.5 Å².